The number of aliphatic hydroxyl groups excluding tert-OH is 1. The van der Waals surface area contributed by atoms with Crippen LogP contribution in [0.25, 0.3) is 5.76 Å². The summed E-state index contributed by atoms with van der Waals surface area (Å²) in [7, 11) is 0. The van der Waals surface area contributed by atoms with E-state index in [1.807, 2.05) is 24.3 Å². The van der Waals surface area contributed by atoms with Crippen molar-refractivity contribution in [2.45, 2.75) is 23.1 Å². The topological polar surface area (TPSA) is 113 Å². The Morgan fingerprint density at radius 1 is 1.08 bits per heavy atom. The monoisotopic (exact) mass is 579 g/mol. The minimum absolute atomic E-state index is 0.0882. The van der Waals surface area contributed by atoms with E-state index in [-0.39, 0.29) is 28.0 Å². The number of halogens is 1. The van der Waals surface area contributed by atoms with Crippen LogP contribution in [0.2, 0.25) is 5.02 Å². The highest BCUT2D eigenvalue weighted by atomic mass is 35.5. The number of thioether (sulfide) groups is 1. The zero-order valence-corrected chi connectivity index (χ0v) is 23.0. The number of Topliss-reactive ketones (excluding diaryl/α,β-unsaturated/α-hetero) is 1. The van der Waals surface area contributed by atoms with Crippen molar-refractivity contribution < 1.29 is 24.5 Å². The first kappa shape index (κ1) is 26.7. The normalized spacial score (nSPS) is 16.6. The number of anilines is 1. The first-order valence-corrected chi connectivity index (χ1v) is 14.1. The molecular formula is C28H22ClN3O5S2. The average molecular weight is 580 g/mol. The lowest BCUT2D eigenvalue weighted by molar-refractivity contribution is -0.132. The molecule has 11 heteroatoms. The van der Waals surface area contributed by atoms with Gasteiger partial charge < -0.3 is 14.9 Å². The second-order valence-electron chi connectivity index (χ2n) is 8.43. The van der Waals surface area contributed by atoms with Gasteiger partial charge in [0.25, 0.3) is 5.78 Å². The molecule has 0 aliphatic carbocycles. The maximum atomic E-state index is 13.4. The summed E-state index contributed by atoms with van der Waals surface area (Å²) in [4.78, 5) is 28.0. The zero-order chi connectivity index (χ0) is 27.5. The van der Waals surface area contributed by atoms with Crippen molar-refractivity contribution in [3.05, 3.63) is 100 Å². The van der Waals surface area contributed by atoms with Crippen LogP contribution in [0.1, 0.15) is 29.7 Å². The fourth-order valence-corrected chi connectivity index (χ4v) is 6.34. The molecule has 3 aromatic carbocycles. The highest BCUT2D eigenvalue weighted by molar-refractivity contribution is 8.00. The number of ether oxygens (including phenoxy) is 1. The van der Waals surface area contributed by atoms with Gasteiger partial charge in [0, 0.05) is 16.3 Å². The van der Waals surface area contributed by atoms with Crippen LogP contribution in [0.3, 0.4) is 0 Å². The summed E-state index contributed by atoms with van der Waals surface area (Å²) in [6.45, 7) is 2.07. The Labute approximate surface area is 237 Å². The molecule has 0 saturated carbocycles. The third-order valence-corrected chi connectivity index (χ3v) is 8.48. The maximum Gasteiger partial charge on any atom is 0.301 e. The van der Waals surface area contributed by atoms with Gasteiger partial charge in [0.2, 0.25) is 5.13 Å². The van der Waals surface area contributed by atoms with Gasteiger partial charge in [-0.15, -0.1) is 10.2 Å². The SMILES string of the molecule is CCOc1cc(C2/C(=C(/O)c3ccccc3)C(=O)C(=O)N2c2nnc(SCc3ccccc3Cl)s2)ccc1O. The third-order valence-electron chi connectivity index (χ3n) is 6.00. The molecule has 0 bridgehead atoms. The molecule has 1 aromatic heterocycles. The Morgan fingerprint density at radius 3 is 2.56 bits per heavy atom. The fourth-order valence-electron chi connectivity index (χ4n) is 4.18. The molecule has 0 radical (unpaired) electrons. The molecule has 8 nitrogen and oxygen atoms in total. The van der Waals surface area contributed by atoms with Gasteiger partial charge in [0.15, 0.2) is 15.8 Å². The molecule has 1 unspecified atom stereocenters. The number of ketones is 1. The van der Waals surface area contributed by atoms with Crippen LogP contribution < -0.4 is 9.64 Å². The maximum absolute atomic E-state index is 13.4. The number of hydrogen-bond acceptors (Lipinski definition) is 9. The smallest absolute Gasteiger partial charge is 0.301 e. The van der Waals surface area contributed by atoms with Crippen LogP contribution in [0.4, 0.5) is 5.13 Å². The van der Waals surface area contributed by atoms with Crippen molar-refractivity contribution in [2.24, 2.45) is 0 Å². The van der Waals surface area contributed by atoms with Crippen LogP contribution in [-0.2, 0) is 15.3 Å². The molecule has 1 saturated heterocycles. The number of phenolic OH excluding ortho intramolecular Hbond substituents is 1. The summed E-state index contributed by atoms with van der Waals surface area (Å²) in [5.41, 5.74) is 1.67. The molecule has 1 atom stereocenters. The number of carbonyl (C=O) groups is 2. The van der Waals surface area contributed by atoms with Gasteiger partial charge in [-0.25, -0.2) is 0 Å². The number of hydrogen-bond donors (Lipinski definition) is 2. The van der Waals surface area contributed by atoms with E-state index in [9.17, 15) is 19.8 Å². The first-order chi connectivity index (χ1) is 18.9. The fraction of sp³-hybridized carbons (Fsp3) is 0.143. The van der Waals surface area contributed by atoms with Gasteiger partial charge in [-0.1, -0.05) is 89.3 Å². The number of rotatable bonds is 8. The predicted molar refractivity (Wildman–Crippen MR) is 151 cm³/mol. The quantitative estimate of drug-likeness (QED) is 0.0832. The highest BCUT2D eigenvalue weighted by Crippen LogP contribution is 2.45. The van der Waals surface area contributed by atoms with E-state index in [0.29, 0.717) is 32.8 Å². The summed E-state index contributed by atoms with van der Waals surface area (Å²) >= 11 is 8.83. The highest BCUT2D eigenvalue weighted by Gasteiger charge is 2.48. The lowest BCUT2D eigenvalue weighted by atomic mass is 9.95. The van der Waals surface area contributed by atoms with Gasteiger partial charge in [-0.2, -0.15) is 0 Å². The number of amides is 1. The number of nitrogens with zero attached hydrogens (tertiary/aromatic N) is 3. The molecule has 1 fully saturated rings. The van der Waals surface area contributed by atoms with Gasteiger partial charge in [0.05, 0.1) is 18.2 Å². The van der Waals surface area contributed by atoms with E-state index in [4.69, 9.17) is 16.3 Å². The van der Waals surface area contributed by atoms with Crippen LogP contribution in [-0.4, -0.2) is 38.7 Å². The van der Waals surface area contributed by atoms with Crippen LogP contribution in [0, 0.1) is 0 Å². The molecule has 39 heavy (non-hydrogen) atoms. The second kappa shape index (κ2) is 11.5. The minimum atomic E-state index is -1.03. The molecule has 0 spiro atoms. The summed E-state index contributed by atoms with van der Waals surface area (Å²) in [5.74, 6) is -1.37. The van der Waals surface area contributed by atoms with Crippen molar-refractivity contribution in [2.75, 3.05) is 11.5 Å². The Balaban J connectivity index is 1.57. The molecule has 4 aromatic rings. The van der Waals surface area contributed by atoms with E-state index in [1.165, 1.54) is 22.7 Å². The minimum Gasteiger partial charge on any atom is -0.507 e. The van der Waals surface area contributed by atoms with E-state index >= 15 is 0 Å². The summed E-state index contributed by atoms with van der Waals surface area (Å²) < 4.78 is 6.12. The third kappa shape index (κ3) is 5.36. The van der Waals surface area contributed by atoms with Crippen molar-refractivity contribution in [1.82, 2.24) is 10.2 Å². The van der Waals surface area contributed by atoms with Gasteiger partial charge >= 0.3 is 5.91 Å². The molecule has 1 aliphatic rings. The Morgan fingerprint density at radius 2 is 1.82 bits per heavy atom. The molecule has 2 heterocycles. The van der Waals surface area contributed by atoms with Crippen LogP contribution in [0.5, 0.6) is 11.5 Å². The summed E-state index contributed by atoms with van der Waals surface area (Å²) in [5, 5.41) is 30.8. The molecule has 1 amide bonds. The second-order valence-corrected chi connectivity index (χ2v) is 11.0. The van der Waals surface area contributed by atoms with Crippen molar-refractivity contribution in [1.29, 1.82) is 0 Å². The number of carbonyl (C=O) groups excluding carboxylic acids is 2. The summed E-state index contributed by atoms with van der Waals surface area (Å²) in [6, 6.07) is 19.5. The van der Waals surface area contributed by atoms with Gasteiger partial charge in [-0.05, 0) is 36.2 Å². The van der Waals surface area contributed by atoms with E-state index in [2.05, 4.69) is 10.2 Å². The van der Waals surface area contributed by atoms with E-state index in [0.717, 1.165) is 16.9 Å². The first-order valence-electron chi connectivity index (χ1n) is 11.9. The predicted octanol–water partition coefficient (Wildman–Crippen LogP) is 6.21. The average Bonchev–Trinajstić information content (AvgIpc) is 3.51. The number of aromatic hydroxyl groups is 1. The number of aromatic nitrogens is 2. The Bertz CT molecular complexity index is 1570. The number of aliphatic hydroxyl groups is 1. The van der Waals surface area contributed by atoms with Crippen molar-refractivity contribution in [3.8, 4) is 11.5 Å². The van der Waals surface area contributed by atoms with E-state index < -0.39 is 17.7 Å². The molecule has 5 rings (SSSR count). The van der Waals surface area contributed by atoms with Crippen LogP contribution in [0.15, 0.2) is 82.7 Å². The number of phenols is 1. The lowest BCUT2D eigenvalue weighted by Crippen LogP contribution is -2.29. The van der Waals surface area contributed by atoms with E-state index in [1.54, 1.807) is 49.4 Å². The largest absolute Gasteiger partial charge is 0.507 e. The lowest BCUT2D eigenvalue weighted by Gasteiger charge is -2.23. The van der Waals surface area contributed by atoms with Gasteiger partial charge in [0.1, 0.15) is 5.76 Å². The Kier molecular flexibility index (Phi) is 7.87. The molecular weight excluding hydrogens is 558 g/mol. The number of benzene rings is 3. The molecule has 1 aliphatic heterocycles. The van der Waals surface area contributed by atoms with Crippen molar-refractivity contribution in [3.63, 3.8) is 0 Å². The summed E-state index contributed by atoms with van der Waals surface area (Å²) in [6.07, 6.45) is 0. The van der Waals surface area contributed by atoms with Gasteiger partial charge in [-0.3, -0.25) is 14.5 Å². The zero-order valence-electron chi connectivity index (χ0n) is 20.6. The molecule has 2 N–H and O–H groups in total. The van der Waals surface area contributed by atoms with Crippen LogP contribution >= 0.6 is 34.7 Å². The molecule has 198 valence electrons. The standard InChI is InChI=1S/C28H22ClN3O5S2/c1-2-37-21-14-17(12-13-20(21)33)23-22(24(34)16-8-4-3-5-9-16)25(35)26(36)32(23)27-30-31-28(39-27)38-15-18-10-6-7-11-19(18)29/h3-14,23,33-34H,2,15H2,1H3/b24-22-. The van der Waals surface area contributed by atoms with Crippen molar-refractivity contribution >= 4 is 57.3 Å². The Hall–Kier alpha value is -3.86.